The van der Waals surface area contributed by atoms with Gasteiger partial charge in [0.1, 0.15) is 12.1 Å². The van der Waals surface area contributed by atoms with Gasteiger partial charge < -0.3 is 32.1 Å². The first-order chi connectivity index (χ1) is 20.5. The largest absolute Gasteiger partial charge is 0.394 e. The fourth-order valence-electron chi connectivity index (χ4n) is 4.05. The first kappa shape index (κ1) is 34.6. The molecular formula is C29H40N6O8. The van der Waals surface area contributed by atoms with E-state index < -0.39 is 54.1 Å². The molecule has 14 nitrogen and oxygen atoms in total. The second kappa shape index (κ2) is 18.1. The van der Waals surface area contributed by atoms with Crippen LogP contribution >= 0.6 is 0 Å². The van der Waals surface area contributed by atoms with E-state index in [1.165, 1.54) is 0 Å². The number of benzene rings is 1. The summed E-state index contributed by atoms with van der Waals surface area (Å²) in [6.45, 7) is 1.39. The predicted octanol–water partition coefficient (Wildman–Crippen LogP) is -1.58. The van der Waals surface area contributed by atoms with Gasteiger partial charge in [-0.3, -0.25) is 38.5 Å². The number of primary amides is 1. The van der Waals surface area contributed by atoms with Crippen LogP contribution in [-0.4, -0.2) is 89.7 Å². The molecule has 43 heavy (non-hydrogen) atoms. The summed E-state index contributed by atoms with van der Waals surface area (Å²) >= 11 is 0. The van der Waals surface area contributed by atoms with Crippen LogP contribution in [0.4, 0.5) is 0 Å². The summed E-state index contributed by atoms with van der Waals surface area (Å²) in [4.78, 5) is 85.5. The average molecular weight is 601 g/mol. The van der Waals surface area contributed by atoms with Crippen molar-refractivity contribution in [3.63, 3.8) is 0 Å². The summed E-state index contributed by atoms with van der Waals surface area (Å²) < 4.78 is 0. The molecule has 0 aromatic heterocycles. The van der Waals surface area contributed by atoms with Gasteiger partial charge in [-0.25, -0.2) is 0 Å². The van der Waals surface area contributed by atoms with Crippen molar-refractivity contribution in [2.45, 2.75) is 57.5 Å². The third kappa shape index (κ3) is 12.4. The number of imide groups is 1. The van der Waals surface area contributed by atoms with E-state index in [2.05, 4.69) is 21.3 Å². The predicted molar refractivity (Wildman–Crippen MR) is 154 cm³/mol. The summed E-state index contributed by atoms with van der Waals surface area (Å²) in [5, 5.41) is 20.2. The smallest absolute Gasteiger partial charge is 0.253 e. The summed E-state index contributed by atoms with van der Waals surface area (Å²) in [6, 6.07) is 6.59. The number of unbranched alkanes of at least 4 members (excludes halogenated alkanes) is 1. The molecule has 0 bridgehead atoms. The van der Waals surface area contributed by atoms with Crippen molar-refractivity contribution in [1.29, 1.82) is 0 Å². The van der Waals surface area contributed by atoms with Crippen LogP contribution in [0.1, 0.15) is 44.6 Å². The van der Waals surface area contributed by atoms with Gasteiger partial charge in [-0.2, -0.15) is 0 Å². The molecule has 0 aliphatic carbocycles. The van der Waals surface area contributed by atoms with Gasteiger partial charge >= 0.3 is 0 Å². The fraction of sp³-hybridized carbons (Fsp3) is 0.483. The Morgan fingerprint density at radius 3 is 2.07 bits per heavy atom. The molecule has 1 aromatic rings. The van der Waals surface area contributed by atoms with Gasteiger partial charge in [-0.1, -0.05) is 37.3 Å². The van der Waals surface area contributed by atoms with Crippen LogP contribution in [0.15, 0.2) is 42.5 Å². The molecule has 0 saturated carbocycles. The van der Waals surface area contributed by atoms with E-state index in [-0.39, 0.29) is 44.2 Å². The maximum Gasteiger partial charge on any atom is 0.253 e. The highest BCUT2D eigenvalue weighted by Gasteiger charge is 2.28. The molecule has 1 aliphatic heterocycles. The molecule has 3 unspecified atom stereocenters. The highest BCUT2D eigenvalue weighted by molar-refractivity contribution is 6.13. The third-order valence-electron chi connectivity index (χ3n) is 6.73. The number of carbonyl (C=O) groups excluding carboxylic acids is 7. The van der Waals surface area contributed by atoms with Crippen LogP contribution in [0.25, 0.3) is 0 Å². The van der Waals surface area contributed by atoms with E-state index in [0.29, 0.717) is 25.8 Å². The number of rotatable bonds is 19. The zero-order chi connectivity index (χ0) is 31.8. The van der Waals surface area contributed by atoms with Gasteiger partial charge in [0.2, 0.25) is 29.5 Å². The molecule has 3 atom stereocenters. The van der Waals surface area contributed by atoms with E-state index in [9.17, 15) is 38.7 Å². The first-order valence-electron chi connectivity index (χ1n) is 14.1. The van der Waals surface area contributed by atoms with Crippen molar-refractivity contribution in [3.8, 4) is 0 Å². The van der Waals surface area contributed by atoms with Crippen molar-refractivity contribution in [2.24, 2.45) is 11.7 Å². The minimum atomic E-state index is -1.36. The van der Waals surface area contributed by atoms with E-state index >= 15 is 0 Å². The summed E-state index contributed by atoms with van der Waals surface area (Å²) in [7, 11) is 0. The van der Waals surface area contributed by atoms with Crippen molar-refractivity contribution < 1.29 is 38.7 Å². The maximum atomic E-state index is 13.0. The minimum Gasteiger partial charge on any atom is -0.394 e. The number of hydrogen-bond donors (Lipinski definition) is 6. The van der Waals surface area contributed by atoms with Crippen molar-refractivity contribution in [3.05, 3.63) is 48.0 Å². The van der Waals surface area contributed by atoms with Gasteiger partial charge in [0.05, 0.1) is 6.61 Å². The number of nitrogens with one attached hydrogen (secondary N) is 4. The lowest BCUT2D eigenvalue weighted by Crippen LogP contribution is -2.55. The summed E-state index contributed by atoms with van der Waals surface area (Å²) in [6.07, 6.45) is 3.74. The van der Waals surface area contributed by atoms with Gasteiger partial charge in [0.15, 0.2) is 0 Å². The molecule has 1 heterocycles. The second-order valence-corrected chi connectivity index (χ2v) is 10.2. The van der Waals surface area contributed by atoms with E-state index in [4.69, 9.17) is 5.73 Å². The van der Waals surface area contributed by atoms with E-state index in [1.807, 2.05) is 6.07 Å². The topological polar surface area (TPSA) is 217 Å². The first-order valence-corrected chi connectivity index (χ1v) is 14.1. The molecule has 0 saturated heterocycles. The Hall–Kier alpha value is -4.59. The Balaban J connectivity index is 1.84. The van der Waals surface area contributed by atoms with Crippen LogP contribution in [0, 0.1) is 5.92 Å². The molecule has 7 N–H and O–H groups in total. The lowest BCUT2D eigenvalue weighted by atomic mass is 10.0. The fourth-order valence-corrected chi connectivity index (χ4v) is 4.05. The van der Waals surface area contributed by atoms with Gasteiger partial charge in [-0.15, -0.1) is 0 Å². The highest BCUT2D eigenvalue weighted by atomic mass is 16.3. The quantitative estimate of drug-likeness (QED) is 0.0802. The molecule has 1 aromatic carbocycles. The minimum absolute atomic E-state index is 0.149. The molecule has 234 valence electrons. The lowest BCUT2D eigenvalue weighted by molar-refractivity contribution is -0.138. The average Bonchev–Trinajstić information content (AvgIpc) is 3.31. The Kier molecular flexibility index (Phi) is 14.5. The second-order valence-electron chi connectivity index (χ2n) is 10.2. The SMILES string of the molecule is CC(CCC(=O)NCCCCNC(=O)C(Cc1ccccc1)NC(=O)C(CO)NC(=O)CCN1C(=O)C=CC1=O)C(N)=O. The van der Waals surface area contributed by atoms with Crippen molar-refractivity contribution >= 4 is 41.4 Å². The molecule has 0 fully saturated rings. The number of carbonyl (C=O) groups is 7. The van der Waals surface area contributed by atoms with E-state index in [0.717, 1.165) is 22.6 Å². The lowest BCUT2D eigenvalue weighted by Gasteiger charge is -2.23. The Labute approximate surface area is 249 Å². The molecule has 1 aliphatic rings. The summed E-state index contributed by atoms with van der Waals surface area (Å²) in [5.41, 5.74) is 5.97. The number of amides is 7. The number of nitrogens with two attached hydrogens (primary N) is 1. The third-order valence-corrected chi connectivity index (χ3v) is 6.73. The monoisotopic (exact) mass is 600 g/mol. The molecule has 0 spiro atoms. The Morgan fingerprint density at radius 1 is 0.837 bits per heavy atom. The molecule has 2 rings (SSSR count). The normalized spacial score (nSPS) is 14.5. The molecule has 7 amide bonds. The maximum absolute atomic E-state index is 13.0. The Bertz CT molecular complexity index is 1170. The van der Waals surface area contributed by atoms with Gasteiger partial charge in [0.25, 0.3) is 11.8 Å². The number of hydrogen-bond acceptors (Lipinski definition) is 8. The van der Waals surface area contributed by atoms with Gasteiger partial charge in [0, 0.05) is 57.0 Å². The number of aliphatic hydroxyl groups is 1. The van der Waals surface area contributed by atoms with Crippen LogP contribution < -0.4 is 27.0 Å². The zero-order valence-electron chi connectivity index (χ0n) is 24.2. The van der Waals surface area contributed by atoms with Crippen LogP contribution in [0.3, 0.4) is 0 Å². The van der Waals surface area contributed by atoms with Crippen molar-refractivity contribution in [1.82, 2.24) is 26.2 Å². The van der Waals surface area contributed by atoms with Crippen molar-refractivity contribution in [2.75, 3.05) is 26.2 Å². The zero-order valence-corrected chi connectivity index (χ0v) is 24.2. The molecular weight excluding hydrogens is 560 g/mol. The number of aliphatic hydroxyl groups excluding tert-OH is 1. The van der Waals surface area contributed by atoms with Crippen LogP contribution in [-0.2, 0) is 40.0 Å². The number of nitrogens with zero attached hydrogens (tertiary/aromatic N) is 1. The highest BCUT2D eigenvalue weighted by Crippen LogP contribution is 2.07. The standard InChI is InChI=1S/C29H40N6O8/c1-19(27(30)41)9-10-23(37)31-14-5-6-15-32-28(42)21(17-20-7-3-2-4-8-20)34-29(43)22(18-36)33-24(38)13-16-35-25(39)11-12-26(35)40/h2-4,7-8,11-12,19,21-22,36H,5-6,9-10,13-18H2,1H3,(H2,30,41)(H,31,37)(H,32,42)(H,33,38)(H,34,43). The van der Waals surface area contributed by atoms with Gasteiger partial charge in [-0.05, 0) is 24.8 Å². The molecule has 14 heteroatoms. The summed E-state index contributed by atoms with van der Waals surface area (Å²) in [5.74, 6) is -4.03. The van der Waals surface area contributed by atoms with E-state index in [1.54, 1.807) is 31.2 Å². The Morgan fingerprint density at radius 2 is 1.47 bits per heavy atom. The van der Waals surface area contributed by atoms with Crippen LogP contribution in [0.5, 0.6) is 0 Å². The van der Waals surface area contributed by atoms with Crippen LogP contribution in [0.2, 0.25) is 0 Å². The molecule has 0 radical (unpaired) electrons.